The lowest BCUT2D eigenvalue weighted by Crippen LogP contribution is -2.13. The summed E-state index contributed by atoms with van der Waals surface area (Å²) in [6, 6.07) is 1.96. The molecule has 3 heteroatoms. The Morgan fingerprint density at radius 3 is 3.09 bits per heavy atom. The van der Waals surface area contributed by atoms with Crippen LogP contribution in [0.3, 0.4) is 0 Å². The molecule has 0 spiro atoms. The zero-order chi connectivity index (χ0) is 7.84. The molecule has 2 rings (SSSR count). The van der Waals surface area contributed by atoms with Crippen molar-refractivity contribution in [3.05, 3.63) is 23.5 Å². The number of H-pyrrole nitrogens is 1. The molecule has 3 nitrogen and oxygen atoms in total. The Balaban J connectivity index is 2.22. The molecule has 1 aromatic heterocycles. The van der Waals surface area contributed by atoms with Gasteiger partial charge in [-0.2, -0.15) is 0 Å². The first-order valence-corrected chi connectivity index (χ1v) is 3.65. The summed E-state index contributed by atoms with van der Waals surface area (Å²) in [6.45, 7) is 0. The molecule has 2 N–H and O–H groups in total. The molecule has 1 heterocycles. The Kier molecular flexibility index (Phi) is 1.24. The molecule has 58 valence electrons. The van der Waals surface area contributed by atoms with E-state index in [4.69, 9.17) is 5.11 Å². The van der Waals surface area contributed by atoms with Gasteiger partial charge in [0.2, 0.25) is 0 Å². The number of carbonyl (C=O) groups is 1. The summed E-state index contributed by atoms with van der Waals surface area (Å²) in [5, 5.41) is 8.69. The van der Waals surface area contributed by atoms with Gasteiger partial charge in [-0.15, -0.1) is 0 Å². The molecule has 1 aliphatic carbocycles. The van der Waals surface area contributed by atoms with Crippen molar-refractivity contribution in [2.45, 2.75) is 12.8 Å². The van der Waals surface area contributed by atoms with E-state index in [0.717, 1.165) is 11.3 Å². The van der Waals surface area contributed by atoms with Gasteiger partial charge in [0.15, 0.2) is 0 Å². The molecule has 0 fully saturated rings. The van der Waals surface area contributed by atoms with Gasteiger partial charge in [0.05, 0.1) is 5.92 Å². The van der Waals surface area contributed by atoms with Crippen LogP contribution in [0.5, 0.6) is 0 Å². The number of carboxylic acid groups (broad SMARTS) is 1. The zero-order valence-electron chi connectivity index (χ0n) is 6.00. The highest BCUT2D eigenvalue weighted by Crippen LogP contribution is 2.25. The number of hydrogen-bond acceptors (Lipinski definition) is 1. The van der Waals surface area contributed by atoms with Crippen LogP contribution in [0.25, 0.3) is 0 Å². The summed E-state index contributed by atoms with van der Waals surface area (Å²) in [5.41, 5.74) is 2.26. The van der Waals surface area contributed by atoms with E-state index >= 15 is 0 Å². The first kappa shape index (κ1) is 6.46. The van der Waals surface area contributed by atoms with Gasteiger partial charge in [0.25, 0.3) is 0 Å². The standard InChI is InChI=1S/C8H9NO2/c10-8(11)6-3-5-1-2-9-7(5)4-6/h1-2,6,9H,3-4H2,(H,10,11). The van der Waals surface area contributed by atoms with E-state index in [1.54, 1.807) is 0 Å². The molecule has 1 atom stereocenters. The lowest BCUT2D eigenvalue weighted by Gasteiger charge is -1.99. The lowest BCUT2D eigenvalue weighted by molar-refractivity contribution is -0.141. The second-order valence-electron chi connectivity index (χ2n) is 2.92. The second-order valence-corrected chi connectivity index (χ2v) is 2.92. The topological polar surface area (TPSA) is 53.1 Å². The monoisotopic (exact) mass is 151 g/mol. The average Bonchev–Trinajstić information content (AvgIpc) is 2.40. The molecule has 0 amide bonds. The van der Waals surface area contributed by atoms with Gasteiger partial charge >= 0.3 is 5.97 Å². The Labute approximate surface area is 64.1 Å². The quantitative estimate of drug-likeness (QED) is 0.624. The van der Waals surface area contributed by atoms with Gasteiger partial charge in [-0.05, 0) is 18.1 Å². The van der Waals surface area contributed by atoms with Crippen molar-refractivity contribution in [2.24, 2.45) is 5.92 Å². The molecule has 0 aromatic carbocycles. The first-order chi connectivity index (χ1) is 5.27. The van der Waals surface area contributed by atoms with Crippen molar-refractivity contribution in [1.29, 1.82) is 0 Å². The molecule has 11 heavy (non-hydrogen) atoms. The van der Waals surface area contributed by atoms with Crippen LogP contribution in [-0.4, -0.2) is 16.1 Å². The van der Waals surface area contributed by atoms with Gasteiger partial charge in [-0.25, -0.2) is 0 Å². The number of aliphatic carboxylic acids is 1. The Morgan fingerprint density at radius 1 is 1.64 bits per heavy atom. The number of fused-ring (bicyclic) bond motifs is 1. The van der Waals surface area contributed by atoms with Crippen molar-refractivity contribution in [2.75, 3.05) is 0 Å². The maximum Gasteiger partial charge on any atom is 0.307 e. The number of aromatic nitrogens is 1. The first-order valence-electron chi connectivity index (χ1n) is 3.65. The summed E-state index contributed by atoms with van der Waals surface area (Å²) >= 11 is 0. The van der Waals surface area contributed by atoms with Crippen molar-refractivity contribution in [3.8, 4) is 0 Å². The van der Waals surface area contributed by atoms with E-state index < -0.39 is 5.97 Å². The fourth-order valence-electron chi connectivity index (χ4n) is 1.58. The molecule has 0 bridgehead atoms. The highest BCUT2D eigenvalue weighted by molar-refractivity contribution is 5.72. The van der Waals surface area contributed by atoms with Crippen LogP contribution < -0.4 is 0 Å². The third-order valence-corrected chi connectivity index (χ3v) is 2.20. The zero-order valence-corrected chi connectivity index (χ0v) is 6.00. The SMILES string of the molecule is O=C(O)C1Cc2cc[nH]c2C1. The van der Waals surface area contributed by atoms with E-state index in [-0.39, 0.29) is 5.92 Å². The summed E-state index contributed by atoms with van der Waals surface area (Å²) in [4.78, 5) is 13.6. The summed E-state index contributed by atoms with van der Waals surface area (Å²) in [5.74, 6) is -0.882. The molecular weight excluding hydrogens is 142 g/mol. The van der Waals surface area contributed by atoms with E-state index in [1.807, 2.05) is 12.3 Å². The Hall–Kier alpha value is -1.25. The highest BCUT2D eigenvalue weighted by Gasteiger charge is 2.27. The number of carboxylic acids is 1. The van der Waals surface area contributed by atoms with Crippen molar-refractivity contribution in [1.82, 2.24) is 4.98 Å². The van der Waals surface area contributed by atoms with E-state index in [0.29, 0.717) is 12.8 Å². The van der Waals surface area contributed by atoms with Gasteiger partial charge in [0, 0.05) is 18.3 Å². The summed E-state index contributed by atoms with van der Waals surface area (Å²) in [6.07, 6.45) is 3.22. The van der Waals surface area contributed by atoms with Gasteiger partial charge in [-0.3, -0.25) is 4.79 Å². The van der Waals surface area contributed by atoms with Crippen LogP contribution in [0.2, 0.25) is 0 Å². The minimum Gasteiger partial charge on any atom is -0.481 e. The normalized spacial score (nSPS) is 21.6. The number of nitrogens with one attached hydrogen (secondary N) is 1. The Bertz CT molecular complexity index is 270. The molecule has 0 saturated heterocycles. The lowest BCUT2D eigenvalue weighted by atomic mass is 10.1. The van der Waals surface area contributed by atoms with Crippen LogP contribution in [0.15, 0.2) is 12.3 Å². The number of hydrogen-bond donors (Lipinski definition) is 2. The molecule has 0 aliphatic heterocycles. The average molecular weight is 151 g/mol. The van der Waals surface area contributed by atoms with Crippen molar-refractivity contribution in [3.63, 3.8) is 0 Å². The minimum absolute atomic E-state index is 0.197. The fraction of sp³-hybridized carbons (Fsp3) is 0.375. The van der Waals surface area contributed by atoms with Crippen LogP contribution in [0.4, 0.5) is 0 Å². The Morgan fingerprint density at radius 2 is 2.45 bits per heavy atom. The van der Waals surface area contributed by atoms with Gasteiger partial charge < -0.3 is 10.1 Å². The smallest absolute Gasteiger partial charge is 0.307 e. The summed E-state index contributed by atoms with van der Waals surface area (Å²) in [7, 11) is 0. The van der Waals surface area contributed by atoms with Crippen LogP contribution in [0.1, 0.15) is 11.3 Å². The third kappa shape index (κ3) is 0.926. The van der Waals surface area contributed by atoms with E-state index in [2.05, 4.69) is 4.98 Å². The van der Waals surface area contributed by atoms with Gasteiger partial charge in [0.1, 0.15) is 0 Å². The van der Waals surface area contributed by atoms with E-state index in [1.165, 1.54) is 0 Å². The summed E-state index contributed by atoms with van der Waals surface area (Å²) < 4.78 is 0. The second kappa shape index (κ2) is 2.12. The number of rotatable bonds is 1. The van der Waals surface area contributed by atoms with Gasteiger partial charge in [-0.1, -0.05) is 0 Å². The molecule has 0 radical (unpaired) electrons. The largest absolute Gasteiger partial charge is 0.481 e. The third-order valence-electron chi connectivity index (χ3n) is 2.20. The molecule has 1 aromatic rings. The predicted molar refractivity (Wildman–Crippen MR) is 39.3 cm³/mol. The maximum absolute atomic E-state index is 10.6. The molecule has 1 aliphatic rings. The minimum atomic E-state index is -0.686. The maximum atomic E-state index is 10.6. The van der Waals surface area contributed by atoms with Crippen molar-refractivity contribution >= 4 is 5.97 Å². The fourth-order valence-corrected chi connectivity index (χ4v) is 1.58. The van der Waals surface area contributed by atoms with E-state index in [9.17, 15) is 4.79 Å². The number of aromatic amines is 1. The van der Waals surface area contributed by atoms with Crippen LogP contribution in [0, 0.1) is 5.92 Å². The van der Waals surface area contributed by atoms with Crippen LogP contribution in [-0.2, 0) is 17.6 Å². The molecular formula is C8H9NO2. The molecule has 0 saturated carbocycles. The predicted octanol–water partition coefficient (Wildman–Crippen LogP) is 0.814. The van der Waals surface area contributed by atoms with Crippen LogP contribution >= 0.6 is 0 Å². The van der Waals surface area contributed by atoms with Crippen molar-refractivity contribution < 1.29 is 9.90 Å². The molecule has 1 unspecified atom stereocenters. The highest BCUT2D eigenvalue weighted by atomic mass is 16.4.